The van der Waals surface area contributed by atoms with E-state index in [0.717, 1.165) is 27.2 Å². The average Bonchev–Trinajstić information content (AvgIpc) is 3.69. The second-order valence-electron chi connectivity index (χ2n) is 12.5. The van der Waals surface area contributed by atoms with Gasteiger partial charge in [-0.1, -0.05) is 29.8 Å². The van der Waals surface area contributed by atoms with Crippen LogP contribution >= 0.6 is 22.9 Å². The van der Waals surface area contributed by atoms with Gasteiger partial charge in [0, 0.05) is 50.0 Å². The summed E-state index contributed by atoms with van der Waals surface area (Å²) in [7, 11) is 1.35. The van der Waals surface area contributed by atoms with Gasteiger partial charge in [-0.15, -0.1) is 11.3 Å². The third-order valence-electron chi connectivity index (χ3n) is 7.98. The summed E-state index contributed by atoms with van der Waals surface area (Å²) in [5, 5.41) is 1.18. The maximum atomic E-state index is 12.9. The van der Waals surface area contributed by atoms with Crippen LogP contribution < -0.4 is 9.47 Å². The van der Waals surface area contributed by atoms with E-state index in [1.54, 1.807) is 23.6 Å². The number of fused-ring (bicyclic) bond motifs is 1. The number of pyridine rings is 1. The van der Waals surface area contributed by atoms with E-state index in [4.69, 9.17) is 30.5 Å². The topological polar surface area (TPSA) is 105 Å². The maximum absolute atomic E-state index is 12.9. The van der Waals surface area contributed by atoms with Crippen LogP contribution in [0.15, 0.2) is 73.3 Å². The molecule has 1 amide bonds. The zero-order valence-electron chi connectivity index (χ0n) is 27.4. The van der Waals surface area contributed by atoms with Crippen molar-refractivity contribution in [3.63, 3.8) is 0 Å². The molecule has 6 rings (SSSR count). The highest BCUT2D eigenvalue weighted by Crippen LogP contribution is 2.40. The van der Waals surface area contributed by atoms with Gasteiger partial charge < -0.3 is 23.8 Å². The van der Waals surface area contributed by atoms with Gasteiger partial charge in [0.25, 0.3) is 0 Å². The van der Waals surface area contributed by atoms with Crippen LogP contribution in [0.2, 0.25) is 5.02 Å². The number of aromatic nitrogens is 3. The number of carbonyl (C=O) groups excluding carboxylic acids is 2. The highest BCUT2D eigenvalue weighted by Gasteiger charge is 2.29. The number of thiophene rings is 1. The number of piperidine rings is 1. The van der Waals surface area contributed by atoms with Gasteiger partial charge in [-0.05, 0) is 69.2 Å². The number of nitrogens with zero attached hydrogens (tertiary/aromatic N) is 4. The molecule has 48 heavy (non-hydrogen) atoms. The minimum Gasteiger partial charge on any atom is -0.489 e. The molecule has 4 heterocycles. The van der Waals surface area contributed by atoms with Gasteiger partial charge in [-0.2, -0.15) is 0 Å². The first-order valence-electron chi connectivity index (χ1n) is 15.7. The molecule has 10 nitrogen and oxygen atoms in total. The molecule has 250 valence electrons. The number of amides is 1. The summed E-state index contributed by atoms with van der Waals surface area (Å²) in [6.07, 6.45) is 5.61. The third-order valence-corrected chi connectivity index (χ3v) is 9.48. The standard InChI is InChI=1S/C36H37ClN4O6S/c1-22(26-7-6-8-29(32(26)37)46-25-13-17-40(18-14-25)35(43)47-36(2,3)4)45-30-20-31(48-33(30)34(42)44-5)41-21-39-27-19-24(9-10-28(27)41)23-11-15-38-16-12-23/h6-12,15-16,19-22,25H,13-14,17-18H2,1-5H3/t22-/m1/s1. The van der Waals surface area contributed by atoms with E-state index in [1.165, 1.54) is 18.4 Å². The Balaban J connectivity index is 1.18. The minimum absolute atomic E-state index is 0.108. The van der Waals surface area contributed by atoms with Crippen LogP contribution in [0.3, 0.4) is 0 Å². The SMILES string of the molecule is COC(=O)c1sc(-n2cnc3cc(-c4ccncc4)ccc32)cc1O[C@H](C)c1cccc(OC2CCN(C(=O)OC(C)(C)C)CC2)c1Cl. The number of carbonyl (C=O) groups is 2. The normalized spacial score (nSPS) is 14.5. The zero-order valence-corrected chi connectivity index (χ0v) is 29.0. The van der Waals surface area contributed by atoms with E-state index in [0.29, 0.717) is 52.9 Å². The number of hydrogen-bond acceptors (Lipinski definition) is 9. The number of imidazole rings is 1. The lowest BCUT2D eigenvalue weighted by atomic mass is 10.1. The second kappa shape index (κ2) is 13.9. The van der Waals surface area contributed by atoms with Crippen molar-refractivity contribution < 1.29 is 28.5 Å². The molecule has 0 spiro atoms. The Morgan fingerprint density at radius 1 is 1.00 bits per heavy atom. The highest BCUT2D eigenvalue weighted by atomic mass is 35.5. The van der Waals surface area contributed by atoms with Crippen molar-refractivity contribution in [1.29, 1.82) is 0 Å². The van der Waals surface area contributed by atoms with Gasteiger partial charge >= 0.3 is 12.1 Å². The molecule has 0 saturated carbocycles. The van der Waals surface area contributed by atoms with Gasteiger partial charge in [0.1, 0.15) is 40.6 Å². The summed E-state index contributed by atoms with van der Waals surface area (Å²) in [5.41, 5.74) is 3.94. The number of rotatable bonds is 8. The fraction of sp³-hybridized carbons (Fsp3) is 0.333. The van der Waals surface area contributed by atoms with Crippen LogP contribution in [-0.2, 0) is 9.47 Å². The van der Waals surface area contributed by atoms with Crippen molar-refractivity contribution in [1.82, 2.24) is 19.4 Å². The van der Waals surface area contributed by atoms with Crippen LogP contribution in [0.4, 0.5) is 4.79 Å². The molecule has 12 heteroatoms. The molecule has 5 aromatic rings. The number of likely N-dealkylation sites (tertiary alicyclic amines) is 1. The van der Waals surface area contributed by atoms with Gasteiger partial charge in [0.15, 0.2) is 4.88 Å². The van der Waals surface area contributed by atoms with Crippen molar-refractivity contribution in [3.05, 3.63) is 88.8 Å². The second-order valence-corrected chi connectivity index (χ2v) is 13.9. The van der Waals surface area contributed by atoms with Crippen LogP contribution in [0.1, 0.15) is 61.9 Å². The molecule has 3 aromatic heterocycles. The molecule has 1 atom stereocenters. The molecule has 1 aliphatic heterocycles. The van der Waals surface area contributed by atoms with Crippen molar-refractivity contribution in [2.24, 2.45) is 0 Å². The molecule has 0 bridgehead atoms. The number of methoxy groups -OCH3 is 1. The summed E-state index contributed by atoms with van der Waals surface area (Å²) in [6, 6.07) is 17.4. The molecule has 1 saturated heterocycles. The predicted octanol–water partition coefficient (Wildman–Crippen LogP) is 8.51. The van der Waals surface area contributed by atoms with E-state index in [9.17, 15) is 9.59 Å². The highest BCUT2D eigenvalue weighted by molar-refractivity contribution is 7.16. The molecule has 0 aliphatic carbocycles. The number of benzene rings is 2. The Labute approximate surface area is 288 Å². The lowest BCUT2D eigenvalue weighted by Gasteiger charge is -2.33. The van der Waals surface area contributed by atoms with E-state index in [-0.39, 0.29) is 12.2 Å². The number of hydrogen-bond donors (Lipinski definition) is 0. The molecular weight excluding hydrogens is 652 g/mol. The number of halogens is 1. The van der Waals surface area contributed by atoms with E-state index >= 15 is 0 Å². The summed E-state index contributed by atoms with van der Waals surface area (Å²) < 4.78 is 25.3. The first kappa shape index (κ1) is 33.3. The first-order valence-corrected chi connectivity index (χ1v) is 16.9. The van der Waals surface area contributed by atoms with Crippen molar-refractivity contribution in [3.8, 4) is 27.6 Å². The lowest BCUT2D eigenvalue weighted by Crippen LogP contribution is -2.44. The molecule has 0 unspecified atom stereocenters. The van der Waals surface area contributed by atoms with E-state index in [1.807, 2.05) is 86.9 Å². The van der Waals surface area contributed by atoms with Crippen LogP contribution in [-0.4, -0.2) is 63.4 Å². The Morgan fingerprint density at radius 3 is 2.46 bits per heavy atom. The Hall–Kier alpha value is -4.61. The first-order chi connectivity index (χ1) is 23.0. The van der Waals surface area contributed by atoms with Crippen LogP contribution in [0, 0.1) is 0 Å². The van der Waals surface area contributed by atoms with Crippen LogP contribution in [0.5, 0.6) is 11.5 Å². The summed E-state index contributed by atoms with van der Waals surface area (Å²) >= 11 is 8.14. The van der Waals surface area contributed by atoms with Gasteiger partial charge in [0.05, 0.1) is 23.2 Å². The monoisotopic (exact) mass is 688 g/mol. The summed E-state index contributed by atoms with van der Waals surface area (Å²) in [5.74, 6) is 0.413. The van der Waals surface area contributed by atoms with E-state index in [2.05, 4.69) is 9.97 Å². The molecule has 0 radical (unpaired) electrons. The Morgan fingerprint density at radius 2 is 1.75 bits per heavy atom. The molecule has 1 aliphatic rings. The molecule has 0 N–H and O–H groups in total. The molecule has 2 aromatic carbocycles. The third kappa shape index (κ3) is 7.27. The summed E-state index contributed by atoms with van der Waals surface area (Å²) in [6.45, 7) is 8.51. The molecule has 1 fully saturated rings. The fourth-order valence-corrected chi connectivity index (χ4v) is 6.88. The number of esters is 1. The van der Waals surface area contributed by atoms with Gasteiger partial charge in [-0.25, -0.2) is 14.6 Å². The Bertz CT molecular complexity index is 1930. The quantitative estimate of drug-likeness (QED) is 0.150. The smallest absolute Gasteiger partial charge is 0.410 e. The fourth-order valence-electron chi connectivity index (χ4n) is 5.56. The number of ether oxygens (including phenoxy) is 4. The average molecular weight is 689 g/mol. The zero-order chi connectivity index (χ0) is 34.0. The van der Waals surface area contributed by atoms with Crippen molar-refractivity contribution in [2.45, 2.75) is 58.3 Å². The summed E-state index contributed by atoms with van der Waals surface area (Å²) in [4.78, 5) is 36.1. The minimum atomic E-state index is -0.543. The largest absolute Gasteiger partial charge is 0.489 e. The van der Waals surface area contributed by atoms with Gasteiger partial charge in [0.2, 0.25) is 0 Å². The van der Waals surface area contributed by atoms with Crippen molar-refractivity contribution >= 4 is 46.0 Å². The van der Waals surface area contributed by atoms with Crippen molar-refractivity contribution in [2.75, 3.05) is 20.2 Å². The lowest BCUT2D eigenvalue weighted by molar-refractivity contribution is 0.0126. The van der Waals surface area contributed by atoms with Crippen LogP contribution in [0.25, 0.3) is 27.2 Å². The molecular formula is C36H37ClN4O6S. The van der Waals surface area contributed by atoms with Gasteiger partial charge in [-0.3, -0.25) is 9.55 Å². The maximum Gasteiger partial charge on any atom is 0.410 e. The predicted molar refractivity (Wildman–Crippen MR) is 185 cm³/mol. The Kier molecular flexibility index (Phi) is 9.61. The van der Waals surface area contributed by atoms with E-state index < -0.39 is 17.7 Å².